The van der Waals surface area contributed by atoms with Crippen LogP contribution in [0.2, 0.25) is 0 Å². The molecular weight excluding hydrogens is 292 g/mol. The zero-order valence-corrected chi connectivity index (χ0v) is 12.8. The highest BCUT2D eigenvalue weighted by Crippen LogP contribution is 2.32. The van der Waals surface area contributed by atoms with Crippen LogP contribution in [0, 0.1) is 0 Å². The Morgan fingerprint density at radius 1 is 1.45 bits per heavy atom. The van der Waals surface area contributed by atoms with E-state index in [0.29, 0.717) is 26.2 Å². The van der Waals surface area contributed by atoms with Gasteiger partial charge in [-0.25, -0.2) is 9.97 Å². The van der Waals surface area contributed by atoms with Gasteiger partial charge in [-0.15, -0.1) is 11.3 Å². The average Bonchev–Trinajstić information content (AvgIpc) is 3.04. The van der Waals surface area contributed by atoms with Crippen LogP contribution < -0.4 is 11.1 Å². The normalized spacial score (nSPS) is 22.2. The quantitative estimate of drug-likeness (QED) is 0.909. The predicted octanol–water partition coefficient (Wildman–Crippen LogP) is 2.29. The van der Waals surface area contributed by atoms with Crippen LogP contribution in [0.5, 0.6) is 0 Å². The van der Waals surface area contributed by atoms with Gasteiger partial charge in [0.25, 0.3) is 5.91 Å². The molecule has 1 amide bonds. The second-order valence-electron chi connectivity index (χ2n) is 4.84. The molecule has 0 radical (unpaired) electrons. The second-order valence-corrected chi connectivity index (χ2v) is 6.92. The molecule has 1 saturated carbocycles. The predicted molar refractivity (Wildman–Crippen MR) is 84.2 cm³/mol. The smallest absolute Gasteiger partial charge is 0.263 e. The third-order valence-electron chi connectivity index (χ3n) is 3.64. The Balaban J connectivity index is 1.84. The molecule has 1 fully saturated rings. The Hall–Kier alpha value is -1.34. The molecule has 2 atom stereocenters. The van der Waals surface area contributed by atoms with Gasteiger partial charge < -0.3 is 11.1 Å². The number of rotatable bonds is 3. The number of nitrogen functional groups attached to an aromatic ring is 1. The van der Waals surface area contributed by atoms with E-state index in [2.05, 4.69) is 21.5 Å². The van der Waals surface area contributed by atoms with Gasteiger partial charge in [-0.3, -0.25) is 4.79 Å². The summed E-state index contributed by atoms with van der Waals surface area (Å²) in [7, 11) is 0. The molecule has 7 heteroatoms. The lowest BCUT2D eigenvalue weighted by Crippen LogP contribution is -2.38. The highest BCUT2D eigenvalue weighted by Gasteiger charge is 2.29. The number of anilines is 1. The van der Waals surface area contributed by atoms with E-state index < -0.39 is 0 Å². The fourth-order valence-corrected chi connectivity index (χ4v) is 4.48. The van der Waals surface area contributed by atoms with Crippen LogP contribution in [-0.4, -0.2) is 33.4 Å². The van der Waals surface area contributed by atoms with Gasteiger partial charge in [-0.05, 0) is 19.1 Å². The standard InChI is InChI=1S/C13H16N4OS2/c1-19-8-4-2-3-7(8)17-12(18)11-9(14)10-13(20-11)16-6-5-15-10/h5-8H,2-4,14H2,1H3,(H,17,18). The maximum Gasteiger partial charge on any atom is 0.263 e. The second kappa shape index (κ2) is 5.57. The summed E-state index contributed by atoms with van der Waals surface area (Å²) >= 11 is 3.13. The molecule has 3 N–H and O–H groups in total. The first-order valence-electron chi connectivity index (χ1n) is 6.53. The topological polar surface area (TPSA) is 80.9 Å². The van der Waals surface area contributed by atoms with E-state index in [1.807, 2.05) is 11.8 Å². The highest BCUT2D eigenvalue weighted by molar-refractivity contribution is 7.99. The first kappa shape index (κ1) is 13.6. The number of carbonyl (C=O) groups is 1. The van der Waals surface area contributed by atoms with Crippen molar-refractivity contribution in [1.82, 2.24) is 15.3 Å². The Labute approximate surface area is 125 Å². The summed E-state index contributed by atoms with van der Waals surface area (Å²) in [5.74, 6) is -0.0988. The number of thioether (sulfide) groups is 1. The molecule has 0 aliphatic heterocycles. The van der Waals surface area contributed by atoms with E-state index in [1.54, 1.807) is 12.4 Å². The molecule has 5 nitrogen and oxygen atoms in total. The maximum absolute atomic E-state index is 12.4. The third-order valence-corrected chi connectivity index (χ3v) is 5.91. The molecule has 1 aliphatic rings. The number of carbonyl (C=O) groups excluding carboxylic acids is 1. The van der Waals surface area contributed by atoms with Gasteiger partial charge in [-0.2, -0.15) is 11.8 Å². The number of hydrogen-bond acceptors (Lipinski definition) is 6. The molecule has 0 bridgehead atoms. The van der Waals surface area contributed by atoms with Crippen molar-refractivity contribution >= 4 is 45.0 Å². The summed E-state index contributed by atoms with van der Waals surface area (Å²) in [6, 6.07) is 0.239. The molecule has 2 aromatic heterocycles. The lowest BCUT2D eigenvalue weighted by molar-refractivity contribution is 0.0943. The van der Waals surface area contributed by atoms with Gasteiger partial charge in [0.05, 0.1) is 5.69 Å². The first-order chi connectivity index (χ1) is 9.70. The van der Waals surface area contributed by atoms with Crippen molar-refractivity contribution in [3.63, 3.8) is 0 Å². The van der Waals surface area contributed by atoms with Crippen molar-refractivity contribution in [2.24, 2.45) is 0 Å². The zero-order chi connectivity index (χ0) is 14.1. The van der Waals surface area contributed by atoms with E-state index in [1.165, 1.54) is 17.8 Å². The van der Waals surface area contributed by atoms with Gasteiger partial charge in [0, 0.05) is 23.7 Å². The van der Waals surface area contributed by atoms with E-state index in [4.69, 9.17) is 5.73 Å². The highest BCUT2D eigenvalue weighted by atomic mass is 32.2. The maximum atomic E-state index is 12.4. The number of nitrogens with two attached hydrogens (primary N) is 1. The Bertz CT molecular complexity index is 642. The number of aromatic nitrogens is 2. The minimum absolute atomic E-state index is 0.0988. The fraction of sp³-hybridized carbons (Fsp3) is 0.462. The first-order valence-corrected chi connectivity index (χ1v) is 8.63. The molecule has 3 rings (SSSR count). The molecule has 20 heavy (non-hydrogen) atoms. The van der Waals surface area contributed by atoms with E-state index in [-0.39, 0.29) is 11.9 Å². The molecular formula is C13H16N4OS2. The van der Waals surface area contributed by atoms with E-state index >= 15 is 0 Å². The van der Waals surface area contributed by atoms with Crippen LogP contribution in [0.4, 0.5) is 5.69 Å². The van der Waals surface area contributed by atoms with Crippen LogP contribution in [0.25, 0.3) is 10.3 Å². The van der Waals surface area contributed by atoms with Crippen molar-refractivity contribution in [2.75, 3.05) is 12.0 Å². The SMILES string of the molecule is CSC1CCCC1NC(=O)c1sc2nccnc2c1N. The lowest BCUT2D eigenvalue weighted by atomic mass is 10.2. The van der Waals surface area contributed by atoms with Crippen LogP contribution in [-0.2, 0) is 0 Å². The zero-order valence-electron chi connectivity index (χ0n) is 11.1. The van der Waals surface area contributed by atoms with Crippen molar-refractivity contribution < 1.29 is 4.79 Å². The molecule has 0 spiro atoms. The van der Waals surface area contributed by atoms with Crippen LogP contribution in [0.3, 0.4) is 0 Å². The van der Waals surface area contributed by atoms with Gasteiger partial charge in [0.2, 0.25) is 0 Å². The van der Waals surface area contributed by atoms with Gasteiger partial charge in [-0.1, -0.05) is 6.42 Å². The number of fused-ring (bicyclic) bond motifs is 1. The summed E-state index contributed by atoms with van der Waals surface area (Å²) in [6.07, 6.45) is 8.67. The fourth-order valence-electron chi connectivity index (χ4n) is 2.62. The number of amides is 1. The monoisotopic (exact) mass is 308 g/mol. The molecule has 2 unspecified atom stereocenters. The molecule has 1 aliphatic carbocycles. The van der Waals surface area contributed by atoms with Crippen molar-refractivity contribution in [3.05, 3.63) is 17.3 Å². The third kappa shape index (κ3) is 2.35. The summed E-state index contributed by atoms with van der Waals surface area (Å²) in [4.78, 5) is 22.0. The number of hydrogen-bond donors (Lipinski definition) is 2. The summed E-state index contributed by atoms with van der Waals surface area (Å²) < 4.78 is 0. The number of nitrogens with zero attached hydrogens (tertiary/aromatic N) is 2. The van der Waals surface area contributed by atoms with Gasteiger partial charge in [0.15, 0.2) is 0 Å². The van der Waals surface area contributed by atoms with Crippen molar-refractivity contribution in [3.8, 4) is 0 Å². The van der Waals surface area contributed by atoms with E-state index in [0.717, 1.165) is 12.8 Å². The van der Waals surface area contributed by atoms with Crippen LogP contribution >= 0.6 is 23.1 Å². The number of nitrogens with one attached hydrogen (secondary N) is 1. The Morgan fingerprint density at radius 3 is 3.00 bits per heavy atom. The Kier molecular flexibility index (Phi) is 3.80. The number of thiophene rings is 1. The minimum Gasteiger partial charge on any atom is -0.396 e. The molecule has 106 valence electrons. The van der Waals surface area contributed by atoms with Gasteiger partial charge in [0.1, 0.15) is 15.2 Å². The molecule has 0 saturated heterocycles. The van der Waals surface area contributed by atoms with Crippen molar-refractivity contribution in [1.29, 1.82) is 0 Å². The van der Waals surface area contributed by atoms with Crippen LogP contribution in [0.1, 0.15) is 28.9 Å². The largest absolute Gasteiger partial charge is 0.396 e. The summed E-state index contributed by atoms with van der Waals surface area (Å²) in [6.45, 7) is 0. The van der Waals surface area contributed by atoms with E-state index in [9.17, 15) is 4.79 Å². The summed E-state index contributed by atoms with van der Waals surface area (Å²) in [5, 5.41) is 3.62. The summed E-state index contributed by atoms with van der Waals surface area (Å²) in [5.41, 5.74) is 7.08. The Morgan fingerprint density at radius 2 is 2.25 bits per heavy atom. The molecule has 2 aromatic rings. The van der Waals surface area contributed by atoms with Crippen molar-refractivity contribution in [2.45, 2.75) is 30.6 Å². The minimum atomic E-state index is -0.0988. The average molecular weight is 308 g/mol. The lowest BCUT2D eigenvalue weighted by Gasteiger charge is -2.18. The van der Waals surface area contributed by atoms with Crippen LogP contribution in [0.15, 0.2) is 12.4 Å². The molecule has 2 heterocycles. The van der Waals surface area contributed by atoms with Gasteiger partial charge >= 0.3 is 0 Å². The molecule has 0 aromatic carbocycles.